The molecule has 0 bridgehead atoms. The number of nitrogens with zero attached hydrogens (tertiary/aromatic N) is 1. The summed E-state index contributed by atoms with van der Waals surface area (Å²) in [5.41, 5.74) is 3.61. The van der Waals surface area contributed by atoms with E-state index in [1.165, 1.54) is 6.07 Å². The average Bonchev–Trinajstić information content (AvgIpc) is 3.42. The Balaban J connectivity index is 1.64. The zero-order valence-electron chi connectivity index (χ0n) is 15.1. The van der Waals surface area contributed by atoms with Crippen LogP contribution in [0.3, 0.4) is 0 Å². The Morgan fingerprint density at radius 2 is 1.86 bits per heavy atom. The van der Waals surface area contributed by atoms with Crippen molar-refractivity contribution in [1.29, 1.82) is 0 Å². The van der Waals surface area contributed by atoms with E-state index >= 15 is 0 Å². The first kappa shape index (κ1) is 21.0. The van der Waals surface area contributed by atoms with E-state index in [4.69, 9.17) is 5.73 Å². The van der Waals surface area contributed by atoms with Crippen LogP contribution in [0.5, 0.6) is 0 Å². The number of amides is 1. The summed E-state index contributed by atoms with van der Waals surface area (Å²) in [6.45, 7) is 0. The summed E-state index contributed by atoms with van der Waals surface area (Å²) in [4.78, 5) is 15.7. The molecule has 4 N–H and O–H groups in total. The fourth-order valence-electron chi connectivity index (χ4n) is 3.41. The molecule has 2 saturated carbocycles. The quantitative estimate of drug-likeness (QED) is 0.653. The van der Waals surface area contributed by atoms with Gasteiger partial charge < -0.3 is 11.1 Å². The van der Waals surface area contributed by atoms with E-state index in [1.807, 2.05) is 0 Å². The molecule has 0 spiro atoms. The number of carbonyl (C=O) groups excluding carboxylic acids is 1. The van der Waals surface area contributed by atoms with Crippen molar-refractivity contribution in [2.75, 3.05) is 5.32 Å². The fraction of sp³-hybridized carbons (Fsp3) is 0.647. The summed E-state index contributed by atoms with van der Waals surface area (Å²) in [6.07, 6.45) is 0.620. The van der Waals surface area contributed by atoms with E-state index in [0.717, 1.165) is 44.4 Å². The Bertz CT molecular complexity index is 817. The van der Waals surface area contributed by atoms with Crippen molar-refractivity contribution in [2.24, 2.45) is 11.7 Å². The molecule has 11 heteroatoms. The first-order valence-electron chi connectivity index (χ1n) is 9.17. The number of hydrogen-bond donors (Lipinski definition) is 3. The monoisotopic (exact) mass is 420 g/mol. The van der Waals surface area contributed by atoms with Gasteiger partial charge in [-0.15, -0.1) is 0 Å². The van der Waals surface area contributed by atoms with Gasteiger partial charge in [-0.1, -0.05) is 19.3 Å². The molecule has 1 heterocycles. The molecule has 3 rings (SSSR count). The number of hydrogen-bond acceptors (Lipinski definition) is 5. The Morgan fingerprint density at radius 1 is 1.21 bits per heavy atom. The highest BCUT2D eigenvalue weighted by Crippen LogP contribution is 2.49. The lowest BCUT2D eigenvalue weighted by Crippen LogP contribution is -2.47. The molecule has 0 aliphatic heterocycles. The molecule has 0 unspecified atom stereocenters. The van der Waals surface area contributed by atoms with Crippen LogP contribution < -0.4 is 15.8 Å². The number of nitrogens with one attached hydrogen (secondary N) is 2. The molecule has 7 nitrogen and oxygen atoms in total. The second kappa shape index (κ2) is 7.60. The standard InChI is InChI=1S/C17H23F3N4O3S/c18-17(19,20)16(8-9-16)24-28(26,27)12-6-7-13(22-10-12)23-15(25)14(21)11-4-2-1-3-5-11/h6-7,10-11,14,24H,1-5,8-9,21H2,(H,22,23,25)/t14-/m0/s1. The minimum Gasteiger partial charge on any atom is -0.320 e. The molecule has 0 aromatic carbocycles. The molecule has 2 aliphatic carbocycles. The Kier molecular flexibility index (Phi) is 5.70. The molecule has 1 atom stereocenters. The molecule has 2 aliphatic rings. The van der Waals surface area contributed by atoms with E-state index in [0.29, 0.717) is 0 Å². The van der Waals surface area contributed by atoms with Crippen LogP contribution in [0.2, 0.25) is 0 Å². The van der Waals surface area contributed by atoms with Crippen molar-refractivity contribution in [1.82, 2.24) is 9.71 Å². The maximum absolute atomic E-state index is 13.0. The van der Waals surface area contributed by atoms with Crippen LogP contribution in [0.15, 0.2) is 23.2 Å². The van der Waals surface area contributed by atoms with Crippen LogP contribution in [-0.4, -0.2) is 37.1 Å². The number of rotatable bonds is 6. The van der Waals surface area contributed by atoms with Crippen molar-refractivity contribution in [3.63, 3.8) is 0 Å². The van der Waals surface area contributed by atoms with Crippen LogP contribution in [-0.2, 0) is 14.8 Å². The number of anilines is 1. The molecule has 1 aromatic heterocycles. The summed E-state index contributed by atoms with van der Waals surface area (Å²) in [7, 11) is -4.39. The highest BCUT2D eigenvalue weighted by atomic mass is 32.2. The predicted octanol–water partition coefficient (Wildman–Crippen LogP) is 2.30. The zero-order chi connectivity index (χ0) is 20.6. The van der Waals surface area contributed by atoms with Gasteiger partial charge in [-0.05, 0) is 43.7 Å². The van der Waals surface area contributed by atoms with Crippen LogP contribution in [0.1, 0.15) is 44.9 Å². The molecular formula is C17H23F3N4O3S. The first-order chi connectivity index (χ1) is 13.0. The van der Waals surface area contributed by atoms with Gasteiger partial charge in [0, 0.05) is 6.20 Å². The Labute approximate surface area is 161 Å². The molecule has 1 aromatic rings. The summed E-state index contributed by atoms with van der Waals surface area (Å²) in [6, 6.07) is 1.64. The highest BCUT2D eigenvalue weighted by Gasteiger charge is 2.65. The van der Waals surface area contributed by atoms with Crippen LogP contribution >= 0.6 is 0 Å². The van der Waals surface area contributed by atoms with Gasteiger partial charge in [-0.2, -0.15) is 17.9 Å². The summed E-state index contributed by atoms with van der Waals surface area (Å²) >= 11 is 0. The molecule has 2 fully saturated rings. The summed E-state index contributed by atoms with van der Waals surface area (Å²) in [5.74, 6) is -0.232. The lowest BCUT2D eigenvalue weighted by Gasteiger charge is -2.26. The van der Waals surface area contributed by atoms with Crippen molar-refractivity contribution >= 4 is 21.7 Å². The Hall–Kier alpha value is -1.72. The van der Waals surface area contributed by atoms with Crippen LogP contribution in [0, 0.1) is 5.92 Å². The second-order valence-electron chi connectivity index (χ2n) is 7.48. The van der Waals surface area contributed by atoms with Gasteiger partial charge in [0.25, 0.3) is 0 Å². The third-order valence-corrected chi connectivity index (χ3v) is 6.90. The highest BCUT2D eigenvalue weighted by molar-refractivity contribution is 7.89. The average molecular weight is 420 g/mol. The number of halogens is 3. The van der Waals surface area contributed by atoms with Gasteiger partial charge in [0.15, 0.2) is 0 Å². The molecular weight excluding hydrogens is 397 g/mol. The SMILES string of the molecule is N[C@H](C(=O)Nc1ccc(S(=O)(=O)NC2(C(F)(F)F)CC2)cn1)C1CCCCC1. The fourth-order valence-corrected chi connectivity index (χ4v) is 4.81. The smallest absolute Gasteiger partial charge is 0.320 e. The third-order valence-electron chi connectivity index (χ3n) is 5.38. The lowest BCUT2D eigenvalue weighted by molar-refractivity contribution is -0.160. The van der Waals surface area contributed by atoms with E-state index < -0.39 is 38.6 Å². The van der Waals surface area contributed by atoms with Gasteiger partial charge in [-0.25, -0.2) is 13.4 Å². The van der Waals surface area contributed by atoms with E-state index in [2.05, 4.69) is 10.3 Å². The normalized spacial score (nSPS) is 21.1. The minimum absolute atomic E-state index is 0.0900. The van der Waals surface area contributed by atoms with Gasteiger partial charge in [0.05, 0.1) is 6.04 Å². The maximum Gasteiger partial charge on any atom is 0.407 e. The van der Waals surface area contributed by atoms with E-state index in [-0.39, 0.29) is 24.6 Å². The number of sulfonamides is 1. The van der Waals surface area contributed by atoms with Crippen molar-refractivity contribution < 1.29 is 26.4 Å². The predicted molar refractivity (Wildman–Crippen MR) is 95.8 cm³/mol. The number of alkyl halides is 3. The number of pyridine rings is 1. The minimum atomic E-state index is -4.66. The molecule has 28 heavy (non-hydrogen) atoms. The molecule has 0 radical (unpaired) electrons. The van der Waals surface area contributed by atoms with Crippen molar-refractivity contribution in [3.05, 3.63) is 18.3 Å². The van der Waals surface area contributed by atoms with Gasteiger partial charge in [0.2, 0.25) is 15.9 Å². The number of nitrogens with two attached hydrogens (primary N) is 1. The summed E-state index contributed by atoms with van der Waals surface area (Å²) in [5, 5.41) is 2.53. The maximum atomic E-state index is 13.0. The van der Waals surface area contributed by atoms with Crippen LogP contribution in [0.25, 0.3) is 0 Å². The Morgan fingerprint density at radius 3 is 2.36 bits per heavy atom. The van der Waals surface area contributed by atoms with Crippen molar-refractivity contribution in [2.45, 2.75) is 67.6 Å². The number of carbonyl (C=O) groups is 1. The van der Waals surface area contributed by atoms with E-state index in [1.54, 1.807) is 4.72 Å². The number of aromatic nitrogens is 1. The van der Waals surface area contributed by atoms with Crippen molar-refractivity contribution in [3.8, 4) is 0 Å². The third kappa shape index (κ3) is 4.47. The van der Waals surface area contributed by atoms with Gasteiger partial charge >= 0.3 is 6.18 Å². The van der Waals surface area contributed by atoms with Crippen LogP contribution in [0.4, 0.5) is 19.0 Å². The molecule has 1 amide bonds. The van der Waals surface area contributed by atoms with E-state index in [9.17, 15) is 26.4 Å². The van der Waals surface area contributed by atoms with Gasteiger partial charge in [-0.3, -0.25) is 4.79 Å². The largest absolute Gasteiger partial charge is 0.407 e. The summed E-state index contributed by atoms with van der Waals surface area (Å²) < 4.78 is 65.1. The molecule has 156 valence electrons. The molecule has 0 saturated heterocycles. The second-order valence-corrected chi connectivity index (χ2v) is 9.16. The first-order valence-corrected chi connectivity index (χ1v) is 10.7. The lowest BCUT2D eigenvalue weighted by atomic mass is 9.84. The zero-order valence-corrected chi connectivity index (χ0v) is 15.9. The van der Waals surface area contributed by atoms with Gasteiger partial charge in [0.1, 0.15) is 16.3 Å². The topological polar surface area (TPSA) is 114 Å².